The number of nitrogens with zero attached hydrogens (tertiary/aromatic N) is 1. The second-order valence-electron chi connectivity index (χ2n) is 4.87. The number of nitrogens with one attached hydrogen (secondary N) is 2. The van der Waals surface area contributed by atoms with E-state index in [0.717, 1.165) is 18.8 Å². The molecule has 0 fully saturated rings. The standard InChI is InChI=1S/C16H18ClN3O3.ClH/c1-23-14-5-2-12(3-6-14)11-18-8-9-19-16-7-4-13(20(21)22)10-15(16)17;/h2-7,10,18-19H,8-9,11H2,1H3;1H. The van der Waals surface area contributed by atoms with Crippen molar-refractivity contribution in [1.82, 2.24) is 5.32 Å². The highest BCUT2D eigenvalue weighted by Crippen LogP contribution is 2.26. The molecule has 0 aromatic heterocycles. The summed E-state index contributed by atoms with van der Waals surface area (Å²) in [6.07, 6.45) is 0. The summed E-state index contributed by atoms with van der Waals surface area (Å²) >= 11 is 6.01. The number of hydrogen-bond donors (Lipinski definition) is 2. The zero-order valence-electron chi connectivity index (χ0n) is 13.1. The average Bonchev–Trinajstić information content (AvgIpc) is 2.56. The molecule has 0 saturated carbocycles. The first-order chi connectivity index (χ1) is 11.1. The summed E-state index contributed by atoms with van der Waals surface area (Å²) in [5.41, 5.74) is 1.83. The Hall–Kier alpha value is -2.02. The van der Waals surface area contributed by atoms with Crippen LogP contribution < -0.4 is 15.4 Å². The lowest BCUT2D eigenvalue weighted by Crippen LogP contribution is -2.21. The lowest BCUT2D eigenvalue weighted by molar-refractivity contribution is -0.384. The molecule has 2 aromatic rings. The van der Waals surface area contributed by atoms with Crippen LogP contribution in [-0.4, -0.2) is 25.1 Å². The Bertz CT molecular complexity index is 666. The van der Waals surface area contributed by atoms with Crippen LogP contribution in [0.1, 0.15) is 5.56 Å². The van der Waals surface area contributed by atoms with Crippen molar-refractivity contribution in [3.8, 4) is 5.75 Å². The summed E-state index contributed by atoms with van der Waals surface area (Å²) in [5.74, 6) is 0.836. The van der Waals surface area contributed by atoms with Gasteiger partial charge < -0.3 is 15.4 Å². The number of benzene rings is 2. The van der Waals surface area contributed by atoms with Crippen LogP contribution >= 0.6 is 24.0 Å². The first-order valence-electron chi connectivity index (χ1n) is 7.11. The van der Waals surface area contributed by atoms with Crippen molar-refractivity contribution >= 4 is 35.4 Å². The Balaban J connectivity index is 0.00000288. The van der Waals surface area contributed by atoms with Crippen molar-refractivity contribution in [2.75, 3.05) is 25.5 Å². The van der Waals surface area contributed by atoms with Gasteiger partial charge in [-0.3, -0.25) is 10.1 Å². The smallest absolute Gasteiger partial charge is 0.271 e. The van der Waals surface area contributed by atoms with E-state index in [9.17, 15) is 10.1 Å². The van der Waals surface area contributed by atoms with Crippen molar-refractivity contribution in [2.45, 2.75) is 6.54 Å². The summed E-state index contributed by atoms with van der Waals surface area (Å²) in [4.78, 5) is 10.2. The van der Waals surface area contributed by atoms with E-state index in [-0.39, 0.29) is 18.1 Å². The maximum Gasteiger partial charge on any atom is 0.271 e. The minimum absolute atomic E-state index is 0. The van der Waals surface area contributed by atoms with Gasteiger partial charge in [0.15, 0.2) is 0 Å². The van der Waals surface area contributed by atoms with Crippen LogP contribution in [0.25, 0.3) is 0 Å². The molecular weight excluding hydrogens is 353 g/mol. The molecule has 0 aliphatic heterocycles. The van der Waals surface area contributed by atoms with E-state index in [4.69, 9.17) is 16.3 Å². The topological polar surface area (TPSA) is 76.4 Å². The van der Waals surface area contributed by atoms with Gasteiger partial charge in [-0.2, -0.15) is 0 Å². The lowest BCUT2D eigenvalue weighted by atomic mass is 10.2. The number of rotatable bonds is 8. The van der Waals surface area contributed by atoms with E-state index in [2.05, 4.69) is 10.6 Å². The Morgan fingerprint density at radius 1 is 1.17 bits per heavy atom. The van der Waals surface area contributed by atoms with Gasteiger partial charge in [-0.05, 0) is 23.8 Å². The second-order valence-corrected chi connectivity index (χ2v) is 5.28. The van der Waals surface area contributed by atoms with Crippen LogP contribution in [0.2, 0.25) is 5.02 Å². The van der Waals surface area contributed by atoms with E-state index in [1.165, 1.54) is 17.7 Å². The molecule has 0 amide bonds. The highest BCUT2D eigenvalue weighted by Gasteiger charge is 2.08. The molecule has 0 heterocycles. The fourth-order valence-electron chi connectivity index (χ4n) is 2.02. The normalized spacial score (nSPS) is 9.92. The van der Waals surface area contributed by atoms with Crippen molar-refractivity contribution in [1.29, 1.82) is 0 Å². The number of nitro groups is 1. The Morgan fingerprint density at radius 2 is 1.88 bits per heavy atom. The maximum atomic E-state index is 10.6. The van der Waals surface area contributed by atoms with Crippen molar-refractivity contribution in [3.05, 3.63) is 63.2 Å². The number of methoxy groups -OCH3 is 1. The third-order valence-electron chi connectivity index (χ3n) is 3.27. The van der Waals surface area contributed by atoms with Crippen LogP contribution in [0, 0.1) is 10.1 Å². The van der Waals surface area contributed by atoms with Crippen molar-refractivity contribution in [2.24, 2.45) is 0 Å². The van der Waals surface area contributed by atoms with Gasteiger partial charge in [-0.15, -0.1) is 12.4 Å². The molecule has 0 saturated heterocycles. The predicted octanol–water partition coefficient (Wildman–Crippen LogP) is 3.88. The van der Waals surface area contributed by atoms with Gasteiger partial charge in [0.1, 0.15) is 5.75 Å². The van der Waals surface area contributed by atoms with Crippen LogP contribution in [0.4, 0.5) is 11.4 Å². The number of hydrogen-bond acceptors (Lipinski definition) is 5. The number of anilines is 1. The van der Waals surface area contributed by atoms with E-state index < -0.39 is 4.92 Å². The number of halogens is 2. The monoisotopic (exact) mass is 371 g/mol. The lowest BCUT2D eigenvalue weighted by Gasteiger charge is -2.09. The summed E-state index contributed by atoms with van der Waals surface area (Å²) in [7, 11) is 1.64. The first-order valence-corrected chi connectivity index (χ1v) is 7.49. The Labute approximate surface area is 151 Å². The van der Waals surface area contributed by atoms with Gasteiger partial charge in [-0.25, -0.2) is 0 Å². The molecule has 0 aliphatic rings. The van der Waals surface area contributed by atoms with Crippen LogP contribution in [0.5, 0.6) is 5.75 Å². The summed E-state index contributed by atoms with van der Waals surface area (Å²) in [5, 5.41) is 17.4. The molecule has 0 radical (unpaired) electrons. The van der Waals surface area contributed by atoms with Crippen LogP contribution in [0.3, 0.4) is 0 Å². The van der Waals surface area contributed by atoms with Gasteiger partial charge in [0, 0.05) is 31.8 Å². The molecule has 0 bridgehead atoms. The second kappa shape index (κ2) is 9.97. The molecule has 0 atom stereocenters. The number of ether oxygens (including phenoxy) is 1. The zero-order chi connectivity index (χ0) is 16.7. The fraction of sp³-hybridized carbons (Fsp3) is 0.250. The molecule has 8 heteroatoms. The van der Waals surface area contributed by atoms with Gasteiger partial charge in [0.05, 0.1) is 22.7 Å². The SMILES string of the molecule is COc1ccc(CNCCNc2ccc([N+](=O)[O-])cc2Cl)cc1.Cl. The summed E-state index contributed by atoms with van der Waals surface area (Å²) < 4.78 is 5.11. The quantitative estimate of drug-likeness (QED) is 0.418. The molecule has 2 aromatic carbocycles. The number of nitro benzene ring substituents is 1. The minimum Gasteiger partial charge on any atom is -0.497 e. The fourth-order valence-corrected chi connectivity index (χ4v) is 2.26. The molecule has 24 heavy (non-hydrogen) atoms. The molecule has 2 rings (SSSR count). The minimum atomic E-state index is -0.466. The average molecular weight is 372 g/mol. The first kappa shape index (κ1) is 20.0. The summed E-state index contributed by atoms with van der Waals surface area (Å²) in [6.45, 7) is 2.15. The highest BCUT2D eigenvalue weighted by atomic mass is 35.5. The summed E-state index contributed by atoms with van der Waals surface area (Å²) in [6, 6.07) is 12.2. The zero-order valence-corrected chi connectivity index (χ0v) is 14.7. The Morgan fingerprint density at radius 3 is 2.46 bits per heavy atom. The van der Waals surface area contributed by atoms with Crippen LogP contribution in [-0.2, 0) is 6.54 Å². The molecule has 2 N–H and O–H groups in total. The van der Waals surface area contributed by atoms with Crippen molar-refractivity contribution < 1.29 is 9.66 Å². The van der Waals surface area contributed by atoms with E-state index in [1.807, 2.05) is 24.3 Å². The molecule has 0 unspecified atom stereocenters. The van der Waals surface area contributed by atoms with Gasteiger partial charge in [0.25, 0.3) is 5.69 Å². The Kier molecular flexibility index (Phi) is 8.32. The van der Waals surface area contributed by atoms with Gasteiger partial charge >= 0.3 is 0 Å². The number of non-ortho nitro benzene ring substituents is 1. The predicted molar refractivity (Wildman–Crippen MR) is 98.5 cm³/mol. The van der Waals surface area contributed by atoms with Crippen molar-refractivity contribution in [3.63, 3.8) is 0 Å². The molecule has 6 nitrogen and oxygen atoms in total. The van der Waals surface area contributed by atoms with E-state index in [1.54, 1.807) is 13.2 Å². The third-order valence-corrected chi connectivity index (χ3v) is 3.58. The highest BCUT2D eigenvalue weighted by molar-refractivity contribution is 6.33. The molecular formula is C16H19Cl2N3O3. The maximum absolute atomic E-state index is 10.6. The van der Waals surface area contributed by atoms with E-state index >= 15 is 0 Å². The third kappa shape index (κ3) is 5.88. The van der Waals surface area contributed by atoms with Gasteiger partial charge in [0.2, 0.25) is 0 Å². The van der Waals surface area contributed by atoms with Gasteiger partial charge in [-0.1, -0.05) is 23.7 Å². The molecule has 0 aliphatic carbocycles. The molecule has 130 valence electrons. The molecule has 0 spiro atoms. The largest absolute Gasteiger partial charge is 0.497 e. The van der Waals surface area contributed by atoms with E-state index in [0.29, 0.717) is 17.3 Å². The van der Waals surface area contributed by atoms with Crippen LogP contribution in [0.15, 0.2) is 42.5 Å².